The Bertz CT molecular complexity index is 1190. The summed E-state index contributed by atoms with van der Waals surface area (Å²) in [7, 11) is 0. The summed E-state index contributed by atoms with van der Waals surface area (Å²) >= 11 is 0. The van der Waals surface area contributed by atoms with Crippen LogP contribution in [0.4, 0.5) is 11.8 Å². The van der Waals surface area contributed by atoms with Crippen LogP contribution >= 0.6 is 0 Å². The molecule has 0 amide bonds. The molecule has 0 aliphatic carbocycles. The van der Waals surface area contributed by atoms with Crippen LogP contribution in [-0.2, 0) is 0 Å². The number of nitrogens with two attached hydrogens (primary N) is 1. The molecule has 3 heterocycles. The molecule has 2 aromatic carbocycles. The van der Waals surface area contributed by atoms with Crippen LogP contribution in [0.5, 0.6) is 0 Å². The van der Waals surface area contributed by atoms with Crippen LogP contribution in [0.3, 0.4) is 0 Å². The number of nitrogens with zero attached hydrogens (tertiary/aromatic N) is 3. The molecular formula is C24H25N7. The van der Waals surface area contributed by atoms with Gasteiger partial charge in [-0.15, -0.1) is 0 Å². The largest absolute Gasteiger partial charge is 0.383 e. The Morgan fingerprint density at radius 1 is 1.06 bits per heavy atom. The van der Waals surface area contributed by atoms with Crippen LogP contribution in [0.2, 0.25) is 0 Å². The van der Waals surface area contributed by atoms with Crippen molar-refractivity contribution in [1.29, 1.82) is 0 Å². The van der Waals surface area contributed by atoms with Gasteiger partial charge in [-0.1, -0.05) is 42.5 Å². The van der Waals surface area contributed by atoms with E-state index in [2.05, 4.69) is 67.1 Å². The van der Waals surface area contributed by atoms with Crippen molar-refractivity contribution in [3.05, 3.63) is 73.1 Å². The Morgan fingerprint density at radius 2 is 1.97 bits per heavy atom. The molecule has 5 N–H and O–H groups in total. The summed E-state index contributed by atoms with van der Waals surface area (Å²) in [5.74, 6) is 1.03. The number of anilines is 2. The minimum Gasteiger partial charge on any atom is -0.383 e. The fourth-order valence-corrected chi connectivity index (χ4v) is 3.80. The van der Waals surface area contributed by atoms with E-state index in [1.807, 2.05) is 30.5 Å². The number of aromatic amines is 1. The second-order valence-electron chi connectivity index (χ2n) is 7.60. The molecule has 0 saturated heterocycles. The Labute approximate surface area is 181 Å². The van der Waals surface area contributed by atoms with E-state index >= 15 is 0 Å². The van der Waals surface area contributed by atoms with E-state index in [4.69, 9.17) is 5.73 Å². The monoisotopic (exact) mass is 411 g/mol. The molecule has 0 saturated carbocycles. The van der Waals surface area contributed by atoms with Crippen LogP contribution in [0.15, 0.2) is 73.1 Å². The quantitative estimate of drug-likeness (QED) is 0.343. The lowest BCUT2D eigenvalue weighted by molar-refractivity contribution is 0.266. The number of H-pyrrole nitrogens is 1. The Balaban J connectivity index is 1.29. The molecule has 4 aromatic rings. The lowest BCUT2D eigenvalue weighted by atomic mass is 10.0. The molecule has 0 spiro atoms. The second kappa shape index (κ2) is 8.49. The van der Waals surface area contributed by atoms with Crippen LogP contribution in [0.1, 0.15) is 6.42 Å². The SMILES string of the molecule is Nc1nc(NCCCN2CC=CN2)ncc1-c1cccc(-c2cc3ccccc3[nH]2)c1. The predicted octanol–water partition coefficient (Wildman–Crippen LogP) is 4.01. The van der Waals surface area contributed by atoms with Crippen molar-refractivity contribution in [3.8, 4) is 22.4 Å². The van der Waals surface area contributed by atoms with Gasteiger partial charge >= 0.3 is 0 Å². The van der Waals surface area contributed by atoms with E-state index < -0.39 is 0 Å². The number of nitrogen functional groups attached to an aromatic ring is 1. The number of hydrogen-bond acceptors (Lipinski definition) is 6. The molecule has 0 atom stereocenters. The summed E-state index contributed by atoms with van der Waals surface area (Å²) in [6.45, 7) is 2.68. The van der Waals surface area contributed by atoms with Gasteiger partial charge < -0.3 is 21.5 Å². The molecule has 0 radical (unpaired) electrons. The first-order valence-electron chi connectivity index (χ1n) is 10.5. The normalized spacial score (nSPS) is 13.5. The Morgan fingerprint density at radius 3 is 2.81 bits per heavy atom. The van der Waals surface area contributed by atoms with E-state index in [1.165, 1.54) is 5.39 Å². The smallest absolute Gasteiger partial charge is 0.224 e. The molecule has 2 aromatic heterocycles. The van der Waals surface area contributed by atoms with Crippen molar-refractivity contribution in [2.24, 2.45) is 0 Å². The first-order chi connectivity index (χ1) is 15.3. The molecule has 0 unspecified atom stereocenters. The van der Waals surface area contributed by atoms with Gasteiger partial charge in [0.15, 0.2) is 0 Å². The van der Waals surface area contributed by atoms with Gasteiger partial charge in [-0.05, 0) is 35.7 Å². The third-order valence-electron chi connectivity index (χ3n) is 5.42. The number of hydrazine groups is 1. The minimum absolute atomic E-state index is 0.469. The van der Waals surface area contributed by atoms with Gasteiger partial charge in [0.05, 0.1) is 0 Å². The molecule has 1 aliphatic heterocycles. The number of hydrogen-bond donors (Lipinski definition) is 4. The van der Waals surface area contributed by atoms with Crippen molar-refractivity contribution in [3.63, 3.8) is 0 Å². The lowest BCUT2D eigenvalue weighted by Gasteiger charge is -2.15. The van der Waals surface area contributed by atoms with Gasteiger partial charge in [-0.3, -0.25) is 0 Å². The molecule has 156 valence electrons. The van der Waals surface area contributed by atoms with Crippen LogP contribution in [0, 0.1) is 0 Å². The molecule has 7 heteroatoms. The van der Waals surface area contributed by atoms with Gasteiger partial charge in [0.25, 0.3) is 0 Å². The van der Waals surface area contributed by atoms with Gasteiger partial charge in [-0.2, -0.15) is 4.98 Å². The number of benzene rings is 2. The third-order valence-corrected chi connectivity index (χ3v) is 5.42. The summed E-state index contributed by atoms with van der Waals surface area (Å²) in [5.41, 5.74) is 14.6. The zero-order chi connectivity index (χ0) is 21.0. The number of para-hydroxylation sites is 1. The number of fused-ring (bicyclic) bond motifs is 1. The molecule has 1 aliphatic rings. The van der Waals surface area contributed by atoms with Crippen LogP contribution in [0.25, 0.3) is 33.3 Å². The highest BCUT2D eigenvalue weighted by Crippen LogP contribution is 2.30. The third kappa shape index (κ3) is 4.22. The molecule has 5 rings (SSSR count). The number of nitrogens with one attached hydrogen (secondary N) is 3. The maximum absolute atomic E-state index is 6.28. The highest BCUT2D eigenvalue weighted by molar-refractivity contribution is 5.87. The molecule has 7 nitrogen and oxygen atoms in total. The predicted molar refractivity (Wildman–Crippen MR) is 126 cm³/mol. The van der Waals surface area contributed by atoms with E-state index in [-0.39, 0.29) is 0 Å². The summed E-state index contributed by atoms with van der Waals surface area (Å²) in [5, 5.41) is 6.60. The van der Waals surface area contributed by atoms with Crippen molar-refractivity contribution < 1.29 is 0 Å². The zero-order valence-electron chi connectivity index (χ0n) is 17.2. The van der Waals surface area contributed by atoms with Gasteiger partial charge in [-0.25, -0.2) is 9.99 Å². The van der Waals surface area contributed by atoms with E-state index in [1.54, 1.807) is 6.20 Å². The first kappa shape index (κ1) is 19.1. The topological polar surface area (TPSA) is 94.9 Å². The van der Waals surface area contributed by atoms with E-state index in [9.17, 15) is 0 Å². The van der Waals surface area contributed by atoms with E-state index in [0.29, 0.717) is 11.8 Å². The van der Waals surface area contributed by atoms with Gasteiger partial charge in [0, 0.05) is 54.2 Å². The molecule has 31 heavy (non-hydrogen) atoms. The summed E-state index contributed by atoms with van der Waals surface area (Å²) in [6, 6.07) is 18.7. The van der Waals surface area contributed by atoms with Gasteiger partial charge in [0.2, 0.25) is 5.95 Å². The molecular weight excluding hydrogens is 386 g/mol. The van der Waals surface area contributed by atoms with Crippen molar-refractivity contribution >= 4 is 22.7 Å². The average Bonchev–Trinajstić information content (AvgIpc) is 3.47. The van der Waals surface area contributed by atoms with Crippen LogP contribution < -0.4 is 16.5 Å². The molecule has 0 fully saturated rings. The highest BCUT2D eigenvalue weighted by Gasteiger charge is 2.10. The van der Waals surface area contributed by atoms with Crippen molar-refractivity contribution in [1.82, 2.24) is 25.4 Å². The van der Waals surface area contributed by atoms with Crippen LogP contribution in [-0.4, -0.2) is 39.6 Å². The molecule has 0 bridgehead atoms. The Hall–Kier alpha value is -3.84. The second-order valence-corrected chi connectivity index (χ2v) is 7.60. The fraction of sp³-hybridized carbons (Fsp3) is 0.167. The zero-order valence-corrected chi connectivity index (χ0v) is 17.2. The summed E-state index contributed by atoms with van der Waals surface area (Å²) in [4.78, 5) is 12.4. The van der Waals surface area contributed by atoms with E-state index in [0.717, 1.165) is 54.0 Å². The maximum atomic E-state index is 6.28. The van der Waals surface area contributed by atoms with Crippen molar-refractivity contribution in [2.75, 3.05) is 30.7 Å². The standard InChI is InChI=1S/C24H25N7/c25-23-20(16-27-24(30-23)26-10-4-12-31-13-5-11-28-31)17-7-3-8-18(14-17)22-15-19-6-1-2-9-21(19)29-22/h1-3,5-9,11,14-16,28-29H,4,10,12-13H2,(H3,25,26,27,30). The summed E-state index contributed by atoms with van der Waals surface area (Å²) in [6.07, 6.45) is 6.83. The Kier molecular flexibility index (Phi) is 5.24. The highest BCUT2D eigenvalue weighted by atomic mass is 15.5. The summed E-state index contributed by atoms with van der Waals surface area (Å²) < 4.78 is 0. The first-order valence-corrected chi connectivity index (χ1v) is 10.5. The maximum Gasteiger partial charge on any atom is 0.224 e. The van der Waals surface area contributed by atoms with Crippen molar-refractivity contribution in [2.45, 2.75) is 6.42 Å². The lowest BCUT2D eigenvalue weighted by Crippen LogP contribution is -2.31. The minimum atomic E-state index is 0.469. The average molecular weight is 412 g/mol. The van der Waals surface area contributed by atoms with Gasteiger partial charge in [0.1, 0.15) is 5.82 Å². The number of aromatic nitrogens is 3. The number of rotatable bonds is 7. The fourth-order valence-electron chi connectivity index (χ4n) is 3.80.